The van der Waals surface area contributed by atoms with Crippen molar-refractivity contribution in [2.45, 2.75) is 0 Å². The van der Waals surface area contributed by atoms with Crippen molar-refractivity contribution in [3.63, 3.8) is 0 Å². The smallest absolute Gasteiger partial charge is 0.173 e. The van der Waals surface area contributed by atoms with Gasteiger partial charge in [0.05, 0.1) is 0 Å². The van der Waals surface area contributed by atoms with Crippen LogP contribution in [0.15, 0.2) is 36.9 Å². The van der Waals surface area contributed by atoms with Gasteiger partial charge in [-0.15, -0.1) is 6.58 Å². The zero-order valence-electron chi connectivity index (χ0n) is 8.53. The van der Waals surface area contributed by atoms with Crippen LogP contribution in [0.25, 0.3) is 0 Å². The predicted molar refractivity (Wildman–Crippen MR) is 70.7 cm³/mol. The number of nitrogens with one attached hydrogen (secondary N) is 1. The second kappa shape index (κ2) is 5.73. The van der Waals surface area contributed by atoms with E-state index in [9.17, 15) is 0 Å². The minimum absolute atomic E-state index is 0.663. The molecule has 15 heavy (non-hydrogen) atoms. The Hall–Kier alpha value is -1.06. The first-order valence-electron chi connectivity index (χ1n) is 4.53. The number of benzene rings is 1. The Morgan fingerprint density at radius 3 is 2.67 bits per heavy atom. The lowest BCUT2D eigenvalue weighted by atomic mass is 10.3. The first-order valence-corrected chi connectivity index (χ1v) is 5.32. The molecule has 0 aliphatic rings. The molecule has 0 heterocycles. The van der Waals surface area contributed by atoms with Gasteiger partial charge in [-0.1, -0.05) is 17.7 Å². The second-order valence-corrected chi connectivity index (χ2v) is 3.83. The normalized spacial score (nSPS) is 9.47. The van der Waals surface area contributed by atoms with Crippen LogP contribution in [0, 0.1) is 0 Å². The van der Waals surface area contributed by atoms with Gasteiger partial charge in [0.15, 0.2) is 5.11 Å². The molecule has 0 saturated carbocycles. The highest BCUT2D eigenvalue weighted by atomic mass is 35.5. The fourth-order valence-electron chi connectivity index (χ4n) is 1.06. The monoisotopic (exact) mass is 240 g/mol. The zero-order valence-corrected chi connectivity index (χ0v) is 10.1. The molecule has 0 bridgehead atoms. The largest absolute Gasteiger partial charge is 0.359 e. The summed E-state index contributed by atoms with van der Waals surface area (Å²) in [6.45, 7) is 4.28. The van der Waals surface area contributed by atoms with Crippen LogP contribution in [0.5, 0.6) is 0 Å². The van der Waals surface area contributed by atoms with Crippen molar-refractivity contribution < 1.29 is 0 Å². The van der Waals surface area contributed by atoms with Crippen molar-refractivity contribution >= 4 is 34.6 Å². The Balaban J connectivity index is 2.67. The molecule has 0 spiro atoms. The highest BCUT2D eigenvalue weighted by Crippen LogP contribution is 2.16. The summed E-state index contributed by atoms with van der Waals surface area (Å²) < 4.78 is 0. The quantitative estimate of drug-likeness (QED) is 0.646. The Kier molecular flexibility index (Phi) is 4.59. The summed E-state index contributed by atoms with van der Waals surface area (Å²) in [5, 5.41) is 4.44. The van der Waals surface area contributed by atoms with Crippen molar-refractivity contribution in [2.75, 3.05) is 18.5 Å². The summed E-state index contributed by atoms with van der Waals surface area (Å²) >= 11 is 11.0. The molecule has 80 valence electrons. The average molecular weight is 241 g/mol. The fourth-order valence-corrected chi connectivity index (χ4v) is 1.37. The molecular formula is C11H13ClN2S. The third kappa shape index (κ3) is 3.53. The minimum Gasteiger partial charge on any atom is -0.359 e. The fraction of sp³-hybridized carbons (Fsp3) is 0.182. The van der Waals surface area contributed by atoms with Gasteiger partial charge in [0.2, 0.25) is 0 Å². The van der Waals surface area contributed by atoms with E-state index >= 15 is 0 Å². The van der Waals surface area contributed by atoms with Crippen LogP contribution in [-0.2, 0) is 0 Å². The maximum atomic E-state index is 5.80. The molecule has 0 saturated heterocycles. The molecule has 1 aromatic carbocycles. The Morgan fingerprint density at radius 2 is 2.13 bits per heavy atom. The molecule has 0 atom stereocenters. The van der Waals surface area contributed by atoms with Crippen LogP contribution < -0.4 is 10.2 Å². The predicted octanol–water partition coefficient (Wildman–Crippen LogP) is 2.84. The number of thiocarbonyl (C=S) groups is 1. The first-order chi connectivity index (χ1) is 7.15. The maximum absolute atomic E-state index is 5.80. The lowest BCUT2D eigenvalue weighted by Crippen LogP contribution is -2.36. The molecule has 0 aromatic heterocycles. The molecule has 0 amide bonds. The summed E-state index contributed by atoms with van der Waals surface area (Å²) in [7, 11) is 1.90. The Morgan fingerprint density at radius 1 is 1.53 bits per heavy atom. The van der Waals surface area contributed by atoms with Gasteiger partial charge in [0, 0.05) is 24.3 Å². The lowest BCUT2D eigenvalue weighted by molar-refractivity contribution is 1.02. The molecule has 0 unspecified atom stereocenters. The van der Waals surface area contributed by atoms with Crippen LogP contribution in [0.1, 0.15) is 0 Å². The van der Waals surface area contributed by atoms with E-state index in [4.69, 9.17) is 23.8 Å². The van der Waals surface area contributed by atoms with Gasteiger partial charge in [-0.2, -0.15) is 0 Å². The number of anilines is 1. The number of halogens is 1. The summed E-state index contributed by atoms with van der Waals surface area (Å²) in [6.07, 6.45) is 1.77. The summed E-state index contributed by atoms with van der Waals surface area (Å²) in [5.41, 5.74) is 1.00. The van der Waals surface area contributed by atoms with E-state index in [0.717, 1.165) is 10.7 Å². The van der Waals surface area contributed by atoms with E-state index in [1.165, 1.54) is 0 Å². The van der Waals surface area contributed by atoms with Crippen LogP contribution in [0.2, 0.25) is 5.02 Å². The molecular weight excluding hydrogens is 228 g/mol. The van der Waals surface area contributed by atoms with Gasteiger partial charge in [0.1, 0.15) is 0 Å². The Bertz CT molecular complexity index is 348. The highest BCUT2D eigenvalue weighted by Gasteiger charge is 2.04. The van der Waals surface area contributed by atoms with Crippen molar-refractivity contribution in [1.29, 1.82) is 0 Å². The van der Waals surface area contributed by atoms with Crippen LogP contribution in [0.4, 0.5) is 5.69 Å². The van der Waals surface area contributed by atoms with Gasteiger partial charge < -0.3 is 10.2 Å². The molecule has 0 aliphatic heterocycles. The number of hydrogen-bond donors (Lipinski definition) is 1. The van der Waals surface area contributed by atoms with Gasteiger partial charge >= 0.3 is 0 Å². The van der Waals surface area contributed by atoms with Crippen molar-refractivity contribution in [3.8, 4) is 0 Å². The van der Waals surface area contributed by atoms with Crippen LogP contribution in [0.3, 0.4) is 0 Å². The lowest BCUT2D eigenvalue weighted by Gasteiger charge is -2.20. The van der Waals surface area contributed by atoms with Crippen molar-refractivity contribution in [3.05, 3.63) is 41.9 Å². The van der Waals surface area contributed by atoms with Crippen molar-refractivity contribution in [2.24, 2.45) is 0 Å². The topological polar surface area (TPSA) is 15.3 Å². The highest BCUT2D eigenvalue weighted by molar-refractivity contribution is 7.80. The summed E-state index contributed by atoms with van der Waals surface area (Å²) in [5.74, 6) is 0. The third-order valence-electron chi connectivity index (χ3n) is 1.92. The van der Waals surface area contributed by atoms with Gasteiger partial charge in [-0.3, -0.25) is 0 Å². The van der Waals surface area contributed by atoms with E-state index in [2.05, 4.69) is 11.9 Å². The van der Waals surface area contributed by atoms with E-state index in [-0.39, 0.29) is 0 Å². The van der Waals surface area contributed by atoms with Gasteiger partial charge in [-0.25, -0.2) is 0 Å². The van der Waals surface area contributed by atoms with Crippen LogP contribution in [-0.4, -0.2) is 18.7 Å². The van der Waals surface area contributed by atoms with E-state index in [1.807, 2.05) is 36.2 Å². The van der Waals surface area contributed by atoms with Crippen LogP contribution >= 0.6 is 23.8 Å². The molecule has 0 aliphatic carbocycles. The average Bonchev–Trinajstić information content (AvgIpc) is 2.26. The minimum atomic E-state index is 0.663. The molecule has 2 nitrogen and oxygen atoms in total. The third-order valence-corrected chi connectivity index (χ3v) is 2.59. The SMILES string of the molecule is C=CCNC(=S)N(C)c1ccc(Cl)cc1. The Labute approximate surface area is 101 Å². The number of nitrogens with zero attached hydrogens (tertiary/aromatic N) is 1. The zero-order chi connectivity index (χ0) is 11.3. The number of rotatable bonds is 3. The van der Waals surface area contributed by atoms with Gasteiger partial charge in [0.25, 0.3) is 0 Å². The standard InChI is InChI=1S/C11H13ClN2S/c1-3-8-13-11(15)14(2)10-6-4-9(12)5-7-10/h3-7H,1,8H2,2H3,(H,13,15). The van der Waals surface area contributed by atoms with E-state index in [1.54, 1.807) is 6.08 Å². The second-order valence-electron chi connectivity index (χ2n) is 3.01. The summed E-state index contributed by atoms with van der Waals surface area (Å²) in [4.78, 5) is 1.88. The van der Waals surface area contributed by atoms with E-state index < -0.39 is 0 Å². The molecule has 1 aromatic rings. The van der Waals surface area contributed by atoms with Gasteiger partial charge in [-0.05, 0) is 36.5 Å². The molecule has 1 rings (SSSR count). The summed E-state index contributed by atoms with van der Waals surface area (Å²) in [6, 6.07) is 7.52. The molecule has 1 N–H and O–H groups in total. The number of hydrogen-bond acceptors (Lipinski definition) is 1. The molecule has 0 fully saturated rings. The van der Waals surface area contributed by atoms with Crippen molar-refractivity contribution in [1.82, 2.24) is 5.32 Å². The first kappa shape index (κ1) is 12.0. The van der Waals surface area contributed by atoms with E-state index in [0.29, 0.717) is 11.7 Å². The maximum Gasteiger partial charge on any atom is 0.173 e. The molecule has 0 radical (unpaired) electrons. The molecule has 4 heteroatoms.